The van der Waals surface area contributed by atoms with Crippen molar-refractivity contribution in [2.24, 2.45) is 5.92 Å². The van der Waals surface area contributed by atoms with Crippen LogP contribution in [0.5, 0.6) is 5.75 Å². The number of ether oxygens (including phenoxy) is 1. The van der Waals surface area contributed by atoms with Gasteiger partial charge in [-0.05, 0) is 23.6 Å². The zero-order valence-electron chi connectivity index (χ0n) is 12.8. The molecule has 118 valence electrons. The lowest BCUT2D eigenvalue weighted by atomic mass is 10.1. The highest BCUT2D eigenvalue weighted by atomic mass is 19.3. The Morgan fingerprint density at radius 1 is 1.00 bits per heavy atom. The molecule has 0 unspecified atom stereocenters. The average molecular weight is 298 g/mol. The van der Waals surface area contributed by atoms with Crippen LogP contribution in [-0.2, 0) is 6.54 Å². The first kappa shape index (κ1) is 16.2. The molecule has 0 spiro atoms. The van der Waals surface area contributed by atoms with Crippen LogP contribution in [0.1, 0.15) is 19.4 Å². The van der Waals surface area contributed by atoms with Crippen molar-refractivity contribution in [1.82, 2.24) is 9.80 Å². The third-order valence-electron chi connectivity index (χ3n) is 3.64. The first-order valence-electron chi connectivity index (χ1n) is 7.51. The van der Waals surface area contributed by atoms with Gasteiger partial charge in [0, 0.05) is 39.3 Å². The number of hydrogen-bond acceptors (Lipinski definition) is 3. The van der Waals surface area contributed by atoms with Crippen molar-refractivity contribution in [2.75, 3.05) is 32.7 Å². The van der Waals surface area contributed by atoms with Crippen LogP contribution < -0.4 is 4.74 Å². The summed E-state index contributed by atoms with van der Waals surface area (Å²) in [5, 5.41) is 0. The number of piperazine rings is 1. The van der Waals surface area contributed by atoms with Gasteiger partial charge in [0.1, 0.15) is 5.75 Å². The molecule has 1 saturated heterocycles. The zero-order chi connectivity index (χ0) is 15.2. The van der Waals surface area contributed by atoms with E-state index in [9.17, 15) is 8.78 Å². The third kappa shape index (κ3) is 5.59. The lowest BCUT2D eigenvalue weighted by molar-refractivity contribution is -0.0498. The fourth-order valence-electron chi connectivity index (χ4n) is 2.68. The minimum atomic E-state index is -2.76. The summed E-state index contributed by atoms with van der Waals surface area (Å²) in [5.74, 6) is 0.925. The predicted molar refractivity (Wildman–Crippen MR) is 79.6 cm³/mol. The number of halogens is 2. The average Bonchev–Trinajstić information content (AvgIpc) is 2.42. The monoisotopic (exact) mass is 298 g/mol. The van der Waals surface area contributed by atoms with Crippen molar-refractivity contribution in [2.45, 2.75) is 27.0 Å². The van der Waals surface area contributed by atoms with Gasteiger partial charge in [0.15, 0.2) is 0 Å². The summed E-state index contributed by atoms with van der Waals surface area (Å²) in [5.41, 5.74) is 1.13. The van der Waals surface area contributed by atoms with Crippen LogP contribution in [0.4, 0.5) is 8.78 Å². The van der Waals surface area contributed by atoms with E-state index >= 15 is 0 Å². The highest BCUT2D eigenvalue weighted by Crippen LogP contribution is 2.16. The Labute approximate surface area is 125 Å². The van der Waals surface area contributed by atoms with Crippen molar-refractivity contribution in [3.63, 3.8) is 0 Å². The molecule has 0 atom stereocenters. The van der Waals surface area contributed by atoms with Crippen LogP contribution in [0.15, 0.2) is 24.3 Å². The zero-order valence-corrected chi connectivity index (χ0v) is 12.8. The second-order valence-corrected chi connectivity index (χ2v) is 5.99. The summed E-state index contributed by atoms with van der Waals surface area (Å²) in [4.78, 5) is 4.90. The Hall–Kier alpha value is -1.20. The van der Waals surface area contributed by atoms with Crippen LogP contribution >= 0.6 is 0 Å². The highest BCUT2D eigenvalue weighted by Gasteiger charge is 2.17. The molecule has 5 heteroatoms. The maximum atomic E-state index is 12.1. The van der Waals surface area contributed by atoms with E-state index in [0.29, 0.717) is 5.92 Å². The largest absolute Gasteiger partial charge is 0.435 e. The molecule has 1 heterocycles. The van der Waals surface area contributed by atoms with Crippen LogP contribution in [0.25, 0.3) is 0 Å². The summed E-state index contributed by atoms with van der Waals surface area (Å²) < 4.78 is 28.5. The molecular weight excluding hydrogens is 274 g/mol. The number of hydrogen-bond donors (Lipinski definition) is 0. The minimum Gasteiger partial charge on any atom is -0.435 e. The summed E-state index contributed by atoms with van der Waals surface area (Å²) in [6.07, 6.45) is 0. The van der Waals surface area contributed by atoms with E-state index in [2.05, 4.69) is 28.4 Å². The summed E-state index contributed by atoms with van der Waals surface area (Å²) >= 11 is 0. The van der Waals surface area contributed by atoms with Crippen molar-refractivity contribution in [3.05, 3.63) is 29.8 Å². The van der Waals surface area contributed by atoms with E-state index in [4.69, 9.17) is 0 Å². The maximum Gasteiger partial charge on any atom is 0.387 e. The Morgan fingerprint density at radius 3 is 2.10 bits per heavy atom. The lowest BCUT2D eigenvalue weighted by Gasteiger charge is -2.35. The van der Waals surface area contributed by atoms with E-state index in [1.807, 2.05) is 12.1 Å². The molecule has 0 radical (unpaired) electrons. The van der Waals surface area contributed by atoms with Gasteiger partial charge in [-0.3, -0.25) is 4.90 Å². The molecule has 3 nitrogen and oxygen atoms in total. The predicted octanol–water partition coefficient (Wildman–Crippen LogP) is 3.06. The van der Waals surface area contributed by atoms with Crippen LogP contribution in [0.2, 0.25) is 0 Å². The Kier molecular flexibility index (Phi) is 5.94. The van der Waals surface area contributed by atoms with Crippen molar-refractivity contribution in [1.29, 1.82) is 0 Å². The molecule has 2 rings (SSSR count). The van der Waals surface area contributed by atoms with Crippen LogP contribution in [0, 0.1) is 5.92 Å². The molecule has 21 heavy (non-hydrogen) atoms. The fourth-order valence-corrected chi connectivity index (χ4v) is 2.68. The van der Waals surface area contributed by atoms with Gasteiger partial charge in [0.05, 0.1) is 0 Å². The molecule has 0 saturated carbocycles. The van der Waals surface area contributed by atoms with Gasteiger partial charge in [0.25, 0.3) is 0 Å². The van der Waals surface area contributed by atoms with Crippen LogP contribution in [0.3, 0.4) is 0 Å². The maximum absolute atomic E-state index is 12.1. The van der Waals surface area contributed by atoms with Gasteiger partial charge in [-0.1, -0.05) is 26.0 Å². The molecule has 0 amide bonds. The first-order valence-corrected chi connectivity index (χ1v) is 7.51. The molecule has 1 fully saturated rings. The number of nitrogens with zero attached hydrogens (tertiary/aromatic N) is 2. The number of benzene rings is 1. The third-order valence-corrected chi connectivity index (χ3v) is 3.64. The van der Waals surface area contributed by atoms with Gasteiger partial charge in [-0.2, -0.15) is 8.78 Å². The molecule has 1 aromatic rings. The van der Waals surface area contributed by atoms with E-state index in [1.165, 1.54) is 0 Å². The summed E-state index contributed by atoms with van der Waals surface area (Å²) in [6, 6.07) is 6.93. The molecule has 0 aromatic heterocycles. The highest BCUT2D eigenvalue weighted by molar-refractivity contribution is 5.27. The lowest BCUT2D eigenvalue weighted by Crippen LogP contribution is -2.46. The summed E-state index contributed by atoms with van der Waals surface area (Å²) in [7, 11) is 0. The quantitative estimate of drug-likeness (QED) is 0.803. The fraction of sp³-hybridized carbons (Fsp3) is 0.625. The SMILES string of the molecule is CC(C)CN1CCN(Cc2ccc(OC(F)F)cc2)CC1. The number of alkyl halides is 2. The van der Waals surface area contributed by atoms with Crippen molar-refractivity contribution < 1.29 is 13.5 Å². The van der Waals surface area contributed by atoms with E-state index in [0.717, 1.165) is 44.8 Å². The van der Waals surface area contributed by atoms with Gasteiger partial charge < -0.3 is 9.64 Å². The van der Waals surface area contributed by atoms with Gasteiger partial charge in [0.2, 0.25) is 0 Å². The second-order valence-electron chi connectivity index (χ2n) is 5.99. The molecular formula is C16H24F2N2O. The molecule has 0 N–H and O–H groups in total. The molecule has 1 aromatic carbocycles. The normalized spacial score (nSPS) is 17.6. The van der Waals surface area contributed by atoms with Crippen molar-refractivity contribution in [3.8, 4) is 5.75 Å². The van der Waals surface area contributed by atoms with E-state index in [1.54, 1.807) is 12.1 Å². The summed E-state index contributed by atoms with van der Waals surface area (Å²) in [6.45, 7) is 8.08. The van der Waals surface area contributed by atoms with E-state index < -0.39 is 6.61 Å². The smallest absolute Gasteiger partial charge is 0.387 e. The topological polar surface area (TPSA) is 15.7 Å². The molecule has 1 aliphatic rings. The number of rotatable bonds is 6. The Bertz CT molecular complexity index is 415. The van der Waals surface area contributed by atoms with Gasteiger partial charge in [-0.15, -0.1) is 0 Å². The van der Waals surface area contributed by atoms with Gasteiger partial charge >= 0.3 is 6.61 Å². The van der Waals surface area contributed by atoms with Gasteiger partial charge in [-0.25, -0.2) is 0 Å². The second kappa shape index (κ2) is 7.71. The van der Waals surface area contributed by atoms with Crippen LogP contribution in [-0.4, -0.2) is 49.1 Å². The molecule has 0 bridgehead atoms. The molecule has 0 aliphatic carbocycles. The first-order chi connectivity index (χ1) is 10.0. The van der Waals surface area contributed by atoms with Crippen molar-refractivity contribution >= 4 is 0 Å². The Balaban J connectivity index is 1.78. The Morgan fingerprint density at radius 2 is 1.57 bits per heavy atom. The minimum absolute atomic E-state index is 0.218. The molecule has 1 aliphatic heterocycles. The standard InChI is InChI=1S/C16H24F2N2O/c1-13(2)11-19-7-9-20(10-8-19)12-14-3-5-15(6-4-14)21-16(17)18/h3-6,13,16H,7-12H2,1-2H3. The van der Waals surface area contributed by atoms with E-state index in [-0.39, 0.29) is 5.75 Å².